The van der Waals surface area contributed by atoms with Gasteiger partial charge in [0.15, 0.2) is 0 Å². The lowest BCUT2D eigenvalue weighted by atomic mass is 9.92. The van der Waals surface area contributed by atoms with Gasteiger partial charge in [-0.15, -0.1) is 0 Å². The molecule has 4 nitrogen and oxygen atoms in total. The minimum Gasteiger partial charge on any atom is -0.465 e. The van der Waals surface area contributed by atoms with Gasteiger partial charge >= 0.3 is 0 Å². The standard InChI is InChI=1S/C12H21NO3/c1-10-4-5-11(16-10)6-13(3)7-12(2,8-14)9-15/h4-5,14-15H,6-9H2,1-3H3. The molecule has 0 saturated heterocycles. The van der Waals surface area contributed by atoms with E-state index in [9.17, 15) is 10.2 Å². The summed E-state index contributed by atoms with van der Waals surface area (Å²) in [5.41, 5.74) is -0.462. The molecule has 0 unspecified atom stereocenters. The van der Waals surface area contributed by atoms with E-state index in [1.165, 1.54) is 0 Å². The second-order valence-corrected chi connectivity index (χ2v) is 4.81. The van der Waals surface area contributed by atoms with Gasteiger partial charge in [-0.3, -0.25) is 4.90 Å². The van der Waals surface area contributed by atoms with Crippen LogP contribution in [-0.2, 0) is 6.54 Å². The first-order chi connectivity index (χ1) is 7.49. The first-order valence-corrected chi connectivity index (χ1v) is 5.45. The van der Waals surface area contributed by atoms with Gasteiger partial charge in [0.25, 0.3) is 0 Å². The zero-order valence-corrected chi connectivity index (χ0v) is 10.2. The van der Waals surface area contributed by atoms with Crippen molar-refractivity contribution >= 4 is 0 Å². The molecule has 0 aliphatic carbocycles. The number of aliphatic hydroxyl groups excluding tert-OH is 2. The highest BCUT2D eigenvalue weighted by molar-refractivity contribution is 5.05. The lowest BCUT2D eigenvalue weighted by molar-refractivity contribution is 0.0386. The van der Waals surface area contributed by atoms with E-state index >= 15 is 0 Å². The zero-order valence-electron chi connectivity index (χ0n) is 10.2. The predicted octanol–water partition coefficient (Wildman–Crippen LogP) is 1.01. The van der Waals surface area contributed by atoms with E-state index in [4.69, 9.17) is 4.42 Å². The molecule has 0 aromatic carbocycles. The average molecular weight is 227 g/mol. The molecule has 2 N–H and O–H groups in total. The Kier molecular flexibility index (Phi) is 4.53. The van der Waals surface area contributed by atoms with Crippen LogP contribution in [0.15, 0.2) is 16.5 Å². The van der Waals surface area contributed by atoms with Crippen molar-refractivity contribution in [3.05, 3.63) is 23.7 Å². The van der Waals surface area contributed by atoms with Crippen molar-refractivity contribution in [1.29, 1.82) is 0 Å². The second-order valence-electron chi connectivity index (χ2n) is 4.81. The van der Waals surface area contributed by atoms with E-state index in [2.05, 4.69) is 0 Å². The van der Waals surface area contributed by atoms with Crippen LogP contribution >= 0.6 is 0 Å². The van der Waals surface area contributed by atoms with Crippen LogP contribution in [0.25, 0.3) is 0 Å². The van der Waals surface area contributed by atoms with Crippen LogP contribution in [0, 0.1) is 12.3 Å². The molecule has 0 aliphatic heterocycles. The summed E-state index contributed by atoms with van der Waals surface area (Å²) in [5.74, 6) is 1.80. The Morgan fingerprint density at radius 1 is 1.31 bits per heavy atom. The zero-order chi connectivity index (χ0) is 12.2. The van der Waals surface area contributed by atoms with Crippen LogP contribution in [0.2, 0.25) is 0 Å². The quantitative estimate of drug-likeness (QED) is 0.761. The lowest BCUT2D eigenvalue weighted by Gasteiger charge is -2.29. The largest absolute Gasteiger partial charge is 0.465 e. The molecule has 0 amide bonds. The van der Waals surface area contributed by atoms with E-state index < -0.39 is 5.41 Å². The fourth-order valence-corrected chi connectivity index (χ4v) is 1.69. The van der Waals surface area contributed by atoms with E-state index in [1.807, 2.05) is 37.9 Å². The number of furan rings is 1. The van der Waals surface area contributed by atoms with Crippen LogP contribution < -0.4 is 0 Å². The van der Waals surface area contributed by atoms with Crippen molar-refractivity contribution in [3.8, 4) is 0 Å². The third-order valence-electron chi connectivity index (χ3n) is 2.64. The van der Waals surface area contributed by atoms with Crippen LogP contribution in [0.4, 0.5) is 0 Å². The molecule has 1 aromatic rings. The summed E-state index contributed by atoms with van der Waals surface area (Å²) in [6.45, 7) is 5.03. The smallest absolute Gasteiger partial charge is 0.118 e. The van der Waals surface area contributed by atoms with E-state index in [-0.39, 0.29) is 13.2 Å². The van der Waals surface area contributed by atoms with Crippen molar-refractivity contribution < 1.29 is 14.6 Å². The molecule has 16 heavy (non-hydrogen) atoms. The second kappa shape index (κ2) is 5.48. The Balaban J connectivity index is 2.50. The highest BCUT2D eigenvalue weighted by Gasteiger charge is 2.24. The molecule has 0 radical (unpaired) electrons. The van der Waals surface area contributed by atoms with E-state index in [1.54, 1.807) is 0 Å². The Morgan fingerprint density at radius 3 is 2.38 bits per heavy atom. The van der Waals surface area contributed by atoms with E-state index in [0.717, 1.165) is 11.5 Å². The molecule has 0 atom stereocenters. The molecule has 4 heteroatoms. The summed E-state index contributed by atoms with van der Waals surface area (Å²) >= 11 is 0. The Hall–Kier alpha value is -0.840. The SMILES string of the molecule is Cc1ccc(CN(C)CC(C)(CO)CO)o1. The number of nitrogens with zero attached hydrogens (tertiary/aromatic N) is 1. The molecule has 0 saturated carbocycles. The maximum absolute atomic E-state index is 9.19. The Morgan fingerprint density at radius 2 is 1.94 bits per heavy atom. The molecule has 0 aliphatic rings. The van der Waals surface area contributed by atoms with Gasteiger partial charge < -0.3 is 14.6 Å². The van der Waals surface area contributed by atoms with Gasteiger partial charge in [0.2, 0.25) is 0 Å². The van der Waals surface area contributed by atoms with Gasteiger partial charge in [-0.25, -0.2) is 0 Å². The number of aliphatic hydroxyl groups is 2. The summed E-state index contributed by atoms with van der Waals surface area (Å²) in [4.78, 5) is 2.03. The van der Waals surface area contributed by atoms with Crippen LogP contribution in [-0.4, -0.2) is 41.9 Å². The summed E-state index contributed by atoms with van der Waals surface area (Å²) < 4.78 is 5.47. The Bertz CT molecular complexity index is 318. The van der Waals surface area contributed by atoms with Crippen molar-refractivity contribution in [1.82, 2.24) is 4.90 Å². The van der Waals surface area contributed by atoms with Gasteiger partial charge in [-0.2, -0.15) is 0 Å². The van der Waals surface area contributed by atoms with Crippen LogP contribution in [0.1, 0.15) is 18.4 Å². The lowest BCUT2D eigenvalue weighted by Crippen LogP contribution is -2.38. The predicted molar refractivity (Wildman–Crippen MR) is 62.1 cm³/mol. The van der Waals surface area contributed by atoms with Crippen LogP contribution in [0.5, 0.6) is 0 Å². The number of hydrogen-bond acceptors (Lipinski definition) is 4. The molecular formula is C12H21NO3. The van der Waals surface area contributed by atoms with Gasteiger partial charge in [-0.1, -0.05) is 6.92 Å². The molecule has 1 rings (SSSR count). The summed E-state index contributed by atoms with van der Waals surface area (Å²) in [6.07, 6.45) is 0. The van der Waals surface area contributed by atoms with E-state index in [0.29, 0.717) is 13.1 Å². The van der Waals surface area contributed by atoms with Gasteiger partial charge in [-0.05, 0) is 26.1 Å². The van der Waals surface area contributed by atoms with Gasteiger partial charge in [0.1, 0.15) is 11.5 Å². The minimum absolute atomic E-state index is 0.0228. The molecule has 0 fully saturated rings. The van der Waals surface area contributed by atoms with Gasteiger partial charge in [0.05, 0.1) is 19.8 Å². The highest BCUT2D eigenvalue weighted by atomic mass is 16.3. The third kappa shape index (κ3) is 3.63. The minimum atomic E-state index is -0.462. The summed E-state index contributed by atoms with van der Waals surface area (Å²) in [7, 11) is 1.95. The monoisotopic (exact) mass is 227 g/mol. The summed E-state index contributed by atoms with van der Waals surface area (Å²) in [5, 5.41) is 18.4. The van der Waals surface area contributed by atoms with Crippen molar-refractivity contribution in [3.63, 3.8) is 0 Å². The molecule has 1 aromatic heterocycles. The van der Waals surface area contributed by atoms with Crippen molar-refractivity contribution in [2.24, 2.45) is 5.41 Å². The maximum Gasteiger partial charge on any atom is 0.118 e. The number of aryl methyl sites for hydroxylation is 1. The highest BCUT2D eigenvalue weighted by Crippen LogP contribution is 2.17. The summed E-state index contributed by atoms with van der Waals surface area (Å²) in [6, 6.07) is 3.88. The number of rotatable bonds is 6. The average Bonchev–Trinajstić information content (AvgIpc) is 2.63. The normalized spacial score (nSPS) is 12.4. The van der Waals surface area contributed by atoms with Crippen LogP contribution in [0.3, 0.4) is 0 Å². The Labute approximate surface area is 96.5 Å². The fraction of sp³-hybridized carbons (Fsp3) is 0.667. The molecule has 0 spiro atoms. The molecule has 92 valence electrons. The topological polar surface area (TPSA) is 56.8 Å². The third-order valence-corrected chi connectivity index (χ3v) is 2.64. The number of hydrogen-bond donors (Lipinski definition) is 2. The molecular weight excluding hydrogens is 206 g/mol. The van der Waals surface area contributed by atoms with Crippen molar-refractivity contribution in [2.75, 3.05) is 26.8 Å². The maximum atomic E-state index is 9.19. The first kappa shape index (κ1) is 13.2. The molecule has 0 bridgehead atoms. The van der Waals surface area contributed by atoms with Gasteiger partial charge in [0, 0.05) is 12.0 Å². The van der Waals surface area contributed by atoms with Crippen molar-refractivity contribution in [2.45, 2.75) is 20.4 Å². The first-order valence-electron chi connectivity index (χ1n) is 5.45. The fourth-order valence-electron chi connectivity index (χ4n) is 1.69. The molecule has 1 heterocycles.